The van der Waals surface area contributed by atoms with Crippen LogP contribution in [0.5, 0.6) is 0 Å². The van der Waals surface area contributed by atoms with E-state index in [4.69, 9.17) is 0 Å². The van der Waals surface area contributed by atoms with E-state index < -0.39 is 0 Å². The lowest BCUT2D eigenvalue weighted by Crippen LogP contribution is -2.31. The molecule has 7 nitrogen and oxygen atoms in total. The van der Waals surface area contributed by atoms with Crippen molar-refractivity contribution in [3.05, 3.63) is 51.7 Å². The zero-order valence-electron chi connectivity index (χ0n) is 14.5. The van der Waals surface area contributed by atoms with E-state index >= 15 is 0 Å². The first-order valence-corrected chi connectivity index (χ1v) is 8.77. The lowest BCUT2D eigenvalue weighted by molar-refractivity contribution is -0.121. The van der Waals surface area contributed by atoms with Crippen molar-refractivity contribution in [2.75, 3.05) is 19.6 Å². The average molecular weight is 343 g/mol. The normalized spacial score (nSPS) is 17.7. The quantitative estimate of drug-likeness (QED) is 0.698. The number of benzene rings is 1. The summed E-state index contributed by atoms with van der Waals surface area (Å²) in [5, 5.41) is 9.10. The molecule has 0 spiro atoms. The van der Waals surface area contributed by atoms with E-state index in [1.54, 1.807) is 0 Å². The average Bonchev–Trinajstić information content (AvgIpc) is 3.22. The minimum Gasteiger partial charge on any atom is -0.356 e. The molecular weight excluding hydrogens is 318 g/mol. The van der Waals surface area contributed by atoms with Crippen LogP contribution in [0, 0.1) is 12.8 Å². The van der Waals surface area contributed by atoms with Gasteiger partial charge in [0.1, 0.15) is 5.82 Å². The van der Waals surface area contributed by atoms with Crippen LogP contribution in [-0.4, -0.2) is 45.6 Å². The third kappa shape index (κ3) is 5.03. The molecule has 1 fully saturated rings. The van der Waals surface area contributed by atoms with Crippen LogP contribution < -0.4 is 11.0 Å². The molecule has 25 heavy (non-hydrogen) atoms. The Kier molecular flexibility index (Phi) is 5.65. The first kappa shape index (κ1) is 17.4. The lowest BCUT2D eigenvalue weighted by Gasteiger charge is -2.17. The molecule has 2 heterocycles. The SMILES string of the molecule is Cc1ccccc1CN1CCC(CNC(=O)CCc2n[nH]c(=O)[nH]2)C1. The van der Waals surface area contributed by atoms with Crippen LogP contribution in [0.4, 0.5) is 0 Å². The Morgan fingerprint density at radius 2 is 2.24 bits per heavy atom. The van der Waals surface area contributed by atoms with Gasteiger partial charge >= 0.3 is 5.69 Å². The zero-order valence-corrected chi connectivity index (χ0v) is 14.5. The zero-order chi connectivity index (χ0) is 17.6. The van der Waals surface area contributed by atoms with Gasteiger partial charge in [0.25, 0.3) is 0 Å². The monoisotopic (exact) mass is 343 g/mol. The van der Waals surface area contributed by atoms with Gasteiger partial charge in [-0.2, -0.15) is 5.10 Å². The minimum absolute atomic E-state index is 0.00111. The summed E-state index contributed by atoms with van der Waals surface area (Å²) in [7, 11) is 0. The van der Waals surface area contributed by atoms with Gasteiger partial charge < -0.3 is 5.32 Å². The highest BCUT2D eigenvalue weighted by Crippen LogP contribution is 2.19. The van der Waals surface area contributed by atoms with E-state index in [-0.39, 0.29) is 11.6 Å². The van der Waals surface area contributed by atoms with Gasteiger partial charge in [-0.1, -0.05) is 24.3 Å². The number of rotatable bonds is 7. The predicted molar refractivity (Wildman–Crippen MR) is 95.1 cm³/mol. The topological polar surface area (TPSA) is 93.9 Å². The molecule has 1 unspecified atom stereocenters. The maximum Gasteiger partial charge on any atom is 0.340 e. The molecule has 2 aromatic rings. The first-order valence-electron chi connectivity index (χ1n) is 8.77. The molecule has 1 amide bonds. The van der Waals surface area contributed by atoms with Gasteiger partial charge in [-0.3, -0.25) is 14.7 Å². The van der Waals surface area contributed by atoms with Crippen molar-refractivity contribution >= 4 is 5.91 Å². The van der Waals surface area contributed by atoms with Gasteiger partial charge in [0.05, 0.1) is 0 Å². The molecule has 0 bridgehead atoms. The summed E-state index contributed by atoms with van der Waals surface area (Å²) in [4.78, 5) is 27.9. The van der Waals surface area contributed by atoms with Crippen molar-refractivity contribution in [3.63, 3.8) is 0 Å². The van der Waals surface area contributed by atoms with E-state index in [0.29, 0.717) is 31.1 Å². The van der Waals surface area contributed by atoms with E-state index in [9.17, 15) is 9.59 Å². The second-order valence-electron chi connectivity index (χ2n) is 6.74. The van der Waals surface area contributed by atoms with Crippen LogP contribution in [0.3, 0.4) is 0 Å². The van der Waals surface area contributed by atoms with Crippen molar-refractivity contribution in [2.24, 2.45) is 5.92 Å². The number of carbonyl (C=O) groups is 1. The largest absolute Gasteiger partial charge is 0.356 e. The molecule has 1 saturated heterocycles. The second kappa shape index (κ2) is 8.11. The highest BCUT2D eigenvalue weighted by molar-refractivity contribution is 5.76. The fourth-order valence-corrected chi connectivity index (χ4v) is 3.25. The van der Waals surface area contributed by atoms with Crippen molar-refractivity contribution in [3.8, 4) is 0 Å². The molecule has 0 aliphatic carbocycles. The van der Waals surface area contributed by atoms with Gasteiger partial charge in [0, 0.05) is 32.5 Å². The molecule has 1 aromatic heterocycles. The molecule has 3 rings (SSSR count). The number of likely N-dealkylation sites (tertiary alicyclic amines) is 1. The highest BCUT2D eigenvalue weighted by Gasteiger charge is 2.23. The fourth-order valence-electron chi connectivity index (χ4n) is 3.25. The van der Waals surface area contributed by atoms with Crippen molar-refractivity contribution in [1.29, 1.82) is 0 Å². The summed E-state index contributed by atoms with van der Waals surface area (Å²) in [5.74, 6) is 1.02. The van der Waals surface area contributed by atoms with Gasteiger partial charge in [0.2, 0.25) is 5.91 Å². The maximum atomic E-state index is 11.9. The second-order valence-corrected chi connectivity index (χ2v) is 6.74. The Morgan fingerprint density at radius 3 is 3.00 bits per heavy atom. The molecule has 134 valence electrons. The van der Waals surface area contributed by atoms with Gasteiger partial charge in [0.15, 0.2) is 0 Å². The standard InChI is InChI=1S/C18H25N5O2/c1-13-4-2-3-5-15(13)12-23-9-8-14(11-23)10-19-17(24)7-6-16-20-18(25)22-21-16/h2-5,14H,6-12H2,1H3,(H,19,24)(H2,20,21,22,25). The summed E-state index contributed by atoms with van der Waals surface area (Å²) < 4.78 is 0. The third-order valence-electron chi connectivity index (χ3n) is 4.75. The van der Waals surface area contributed by atoms with Crippen LogP contribution in [0.15, 0.2) is 29.1 Å². The van der Waals surface area contributed by atoms with Crippen molar-refractivity contribution < 1.29 is 4.79 Å². The molecule has 1 atom stereocenters. The molecular formula is C18H25N5O2. The molecule has 1 aromatic carbocycles. The minimum atomic E-state index is -0.338. The number of hydrogen-bond acceptors (Lipinski definition) is 4. The fraction of sp³-hybridized carbons (Fsp3) is 0.500. The Labute approximate surface area is 146 Å². The molecule has 7 heteroatoms. The van der Waals surface area contributed by atoms with Crippen LogP contribution in [0.25, 0.3) is 0 Å². The van der Waals surface area contributed by atoms with Gasteiger partial charge in [-0.25, -0.2) is 9.89 Å². The Hall–Kier alpha value is -2.41. The smallest absolute Gasteiger partial charge is 0.340 e. The summed E-state index contributed by atoms with van der Waals surface area (Å²) in [6.07, 6.45) is 1.88. The van der Waals surface area contributed by atoms with E-state index in [2.05, 4.69) is 56.6 Å². The van der Waals surface area contributed by atoms with Crippen LogP contribution in [0.1, 0.15) is 29.8 Å². The van der Waals surface area contributed by atoms with E-state index in [1.165, 1.54) is 11.1 Å². The van der Waals surface area contributed by atoms with Gasteiger partial charge in [-0.15, -0.1) is 0 Å². The number of carbonyl (C=O) groups excluding carboxylic acids is 1. The van der Waals surface area contributed by atoms with Crippen molar-refractivity contribution in [1.82, 2.24) is 25.4 Å². The molecule has 3 N–H and O–H groups in total. The summed E-state index contributed by atoms with van der Waals surface area (Å²) in [6.45, 7) is 5.92. The Morgan fingerprint density at radius 1 is 1.40 bits per heavy atom. The number of nitrogens with one attached hydrogen (secondary N) is 3. The Balaban J connectivity index is 1.37. The number of aromatic nitrogens is 3. The van der Waals surface area contributed by atoms with Crippen LogP contribution in [-0.2, 0) is 17.8 Å². The maximum absolute atomic E-state index is 11.9. The predicted octanol–water partition coefficient (Wildman–Crippen LogP) is 0.977. The Bertz CT molecular complexity index is 767. The molecule has 0 radical (unpaired) electrons. The number of H-pyrrole nitrogens is 2. The highest BCUT2D eigenvalue weighted by atomic mass is 16.2. The number of amides is 1. The third-order valence-corrected chi connectivity index (χ3v) is 4.75. The lowest BCUT2D eigenvalue weighted by atomic mass is 10.1. The summed E-state index contributed by atoms with van der Waals surface area (Å²) in [6, 6.07) is 8.49. The van der Waals surface area contributed by atoms with Crippen molar-refractivity contribution in [2.45, 2.75) is 32.7 Å². The van der Waals surface area contributed by atoms with Gasteiger partial charge in [-0.05, 0) is 36.9 Å². The molecule has 1 aliphatic rings. The number of aromatic amines is 2. The van der Waals surface area contributed by atoms with E-state index in [1.807, 2.05) is 0 Å². The van der Waals surface area contributed by atoms with E-state index in [0.717, 1.165) is 26.1 Å². The van der Waals surface area contributed by atoms with Crippen LogP contribution >= 0.6 is 0 Å². The number of hydrogen-bond donors (Lipinski definition) is 3. The molecule has 0 saturated carbocycles. The number of nitrogens with zero attached hydrogens (tertiary/aromatic N) is 2. The summed E-state index contributed by atoms with van der Waals surface area (Å²) >= 11 is 0. The van der Waals surface area contributed by atoms with Crippen LogP contribution in [0.2, 0.25) is 0 Å². The number of aryl methyl sites for hydroxylation is 2. The first-order chi connectivity index (χ1) is 12.1. The summed E-state index contributed by atoms with van der Waals surface area (Å²) in [5.41, 5.74) is 2.37. The molecule has 1 aliphatic heterocycles.